The maximum Gasteiger partial charge on any atom is 0.251 e. The number of rotatable bonds is 3. The van der Waals surface area contributed by atoms with E-state index in [-0.39, 0.29) is 12.0 Å². The van der Waals surface area contributed by atoms with E-state index in [1.54, 1.807) is 24.3 Å². The van der Waals surface area contributed by atoms with E-state index in [0.29, 0.717) is 17.7 Å². The topological polar surface area (TPSA) is 62.1 Å². The van der Waals surface area contributed by atoms with Gasteiger partial charge in [0.2, 0.25) is 0 Å². The third kappa shape index (κ3) is 3.05. The molecule has 0 saturated carbocycles. The number of carbonyl (C=O) groups is 1. The van der Waals surface area contributed by atoms with Crippen LogP contribution in [-0.4, -0.2) is 25.2 Å². The molecule has 2 rings (SSSR count). The normalized spacial score (nSPS) is 18.6. The lowest BCUT2D eigenvalue weighted by molar-refractivity contribution is 0.0858. The first kappa shape index (κ1) is 11.6. The fourth-order valence-electron chi connectivity index (χ4n) is 1.81. The molecule has 1 amide bonds. The van der Waals surface area contributed by atoms with Gasteiger partial charge in [0.15, 0.2) is 0 Å². The first-order valence-electron chi connectivity index (χ1n) is 5.69. The van der Waals surface area contributed by atoms with Crippen molar-refractivity contribution in [2.75, 3.05) is 13.2 Å². The van der Waals surface area contributed by atoms with Gasteiger partial charge in [0, 0.05) is 18.7 Å². The Labute approximate surface area is 100 Å². The maximum atomic E-state index is 11.8. The van der Waals surface area contributed by atoms with Crippen LogP contribution in [-0.2, 0) is 4.74 Å². The van der Waals surface area contributed by atoms with Crippen LogP contribution in [0, 0.1) is 11.3 Å². The summed E-state index contributed by atoms with van der Waals surface area (Å²) in [7, 11) is 0. The van der Waals surface area contributed by atoms with E-state index in [0.717, 1.165) is 19.4 Å². The van der Waals surface area contributed by atoms with Gasteiger partial charge in [-0.05, 0) is 37.1 Å². The number of benzene rings is 1. The number of nitrogens with one attached hydrogen (secondary N) is 1. The van der Waals surface area contributed by atoms with Crippen molar-refractivity contribution in [3.8, 4) is 6.07 Å². The van der Waals surface area contributed by atoms with E-state index in [1.807, 2.05) is 6.07 Å². The molecule has 1 N–H and O–H groups in total. The fourth-order valence-corrected chi connectivity index (χ4v) is 1.81. The molecular weight excluding hydrogens is 216 g/mol. The smallest absolute Gasteiger partial charge is 0.251 e. The second-order valence-electron chi connectivity index (χ2n) is 4.03. The van der Waals surface area contributed by atoms with Gasteiger partial charge in [0.1, 0.15) is 0 Å². The predicted octanol–water partition coefficient (Wildman–Crippen LogP) is 1.47. The zero-order chi connectivity index (χ0) is 12.1. The molecule has 1 aromatic rings. The summed E-state index contributed by atoms with van der Waals surface area (Å²) in [6.45, 7) is 1.34. The SMILES string of the molecule is N#Cc1ccc(C(=O)NC[C@@H]2CCCO2)cc1. The lowest BCUT2D eigenvalue weighted by Gasteiger charge is -2.10. The first-order chi connectivity index (χ1) is 8.29. The Hall–Kier alpha value is -1.86. The van der Waals surface area contributed by atoms with E-state index < -0.39 is 0 Å². The number of amides is 1. The van der Waals surface area contributed by atoms with Gasteiger partial charge in [-0.3, -0.25) is 4.79 Å². The average Bonchev–Trinajstić information content (AvgIpc) is 2.89. The van der Waals surface area contributed by atoms with E-state index >= 15 is 0 Å². The van der Waals surface area contributed by atoms with E-state index in [9.17, 15) is 4.79 Å². The molecular formula is C13H14N2O2. The van der Waals surface area contributed by atoms with Crippen LogP contribution in [0.1, 0.15) is 28.8 Å². The highest BCUT2D eigenvalue weighted by atomic mass is 16.5. The minimum Gasteiger partial charge on any atom is -0.376 e. The second-order valence-corrected chi connectivity index (χ2v) is 4.03. The van der Waals surface area contributed by atoms with Crippen molar-refractivity contribution in [2.45, 2.75) is 18.9 Å². The Morgan fingerprint density at radius 2 is 2.24 bits per heavy atom. The van der Waals surface area contributed by atoms with Crippen LogP contribution >= 0.6 is 0 Å². The first-order valence-corrected chi connectivity index (χ1v) is 5.69. The molecule has 1 heterocycles. The maximum absolute atomic E-state index is 11.8. The van der Waals surface area contributed by atoms with Crippen molar-refractivity contribution in [3.05, 3.63) is 35.4 Å². The summed E-state index contributed by atoms with van der Waals surface area (Å²) in [5.41, 5.74) is 1.13. The Kier molecular flexibility index (Phi) is 3.73. The Bertz CT molecular complexity index is 428. The molecule has 4 nitrogen and oxygen atoms in total. The number of ether oxygens (including phenoxy) is 1. The lowest BCUT2D eigenvalue weighted by Crippen LogP contribution is -2.31. The molecule has 1 fully saturated rings. The van der Waals surface area contributed by atoms with Gasteiger partial charge in [-0.1, -0.05) is 0 Å². The fraction of sp³-hybridized carbons (Fsp3) is 0.385. The molecule has 1 saturated heterocycles. The summed E-state index contributed by atoms with van der Waals surface area (Å²) in [6.07, 6.45) is 2.22. The summed E-state index contributed by atoms with van der Waals surface area (Å²) in [4.78, 5) is 11.8. The third-order valence-electron chi connectivity index (χ3n) is 2.79. The molecule has 0 unspecified atom stereocenters. The quantitative estimate of drug-likeness (QED) is 0.855. The number of hydrogen-bond donors (Lipinski definition) is 1. The molecule has 17 heavy (non-hydrogen) atoms. The van der Waals surface area contributed by atoms with Crippen LogP contribution in [0.4, 0.5) is 0 Å². The zero-order valence-corrected chi connectivity index (χ0v) is 9.48. The van der Waals surface area contributed by atoms with E-state index in [2.05, 4.69) is 5.32 Å². The van der Waals surface area contributed by atoms with Gasteiger partial charge >= 0.3 is 0 Å². The minimum absolute atomic E-state index is 0.120. The van der Waals surface area contributed by atoms with Gasteiger partial charge in [-0.15, -0.1) is 0 Å². The summed E-state index contributed by atoms with van der Waals surface area (Å²) in [6, 6.07) is 8.61. The number of nitriles is 1. The van der Waals surface area contributed by atoms with Crippen LogP contribution in [0.3, 0.4) is 0 Å². The lowest BCUT2D eigenvalue weighted by atomic mass is 10.1. The molecule has 0 radical (unpaired) electrons. The van der Waals surface area contributed by atoms with Gasteiger partial charge < -0.3 is 10.1 Å². The van der Waals surface area contributed by atoms with Gasteiger partial charge in [0.25, 0.3) is 5.91 Å². The van der Waals surface area contributed by atoms with Crippen LogP contribution in [0.5, 0.6) is 0 Å². The van der Waals surface area contributed by atoms with E-state index in [1.165, 1.54) is 0 Å². The van der Waals surface area contributed by atoms with Gasteiger partial charge in [0.05, 0.1) is 17.7 Å². The number of nitrogens with zero attached hydrogens (tertiary/aromatic N) is 1. The highest BCUT2D eigenvalue weighted by Gasteiger charge is 2.16. The molecule has 0 bridgehead atoms. The molecule has 0 aliphatic carbocycles. The monoisotopic (exact) mass is 230 g/mol. The van der Waals surface area contributed by atoms with Gasteiger partial charge in [-0.25, -0.2) is 0 Å². The number of hydrogen-bond acceptors (Lipinski definition) is 3. The predicted molar refractivity (Wildman–Crippen MR) is 62.5 cm³/mol. The van der Waals surface area contributed by atoms with Crippen molar-refractivity contribution < 1.29 is 9.53 Å². The molecule has 1 aliphatic rings. The summed E-state index contributed by atoms with van der Waals surface area (Å²) < 4.78 is 5.42. The van der Waals surface area contributed by atoms with Crippen LogP contribution in [0.15, 0.2) is 24.3 Å². The molecule has 1 atom stereocenters. The molecule has 0 aromatic heterocycles. The summed E-state index contributed by atoms with van der Waals surface area (Å²) >= 11 is 0. The van der Waals surface area contributed by atoms with Crippen LogP contribution < -0.4 is 5.32 Å². The Balaban J connectivity index is 1.88. The molecule has 1 aromatic carbocycles. The van der Waals surface area contributed by atoms with Crippen LogP contribution in [0.2, 0.25) is 0 Å². The Morgan fingerprint density at radius 3 is 2.82 bits per heavy atom. The van der Waals surface area contributed by atoms with E-state index in [4.69, 9.17) is 10.00 Å². The van der Waals surface area contributed by atoms with Crippen LogP contribution in [0.25, 0.3) is 0 Å². The van der Waals surface area contributed by atoms with Crippen molar-refractivity contribution >= 4 is 5.91 Å². The van der Waals surface area contributed by atoms with Crippen molar-refractivity contribution in [1.29, 1.82) is 5.26 Å². The molecule has 1 aliphatic heterocycles. The number of carbonyl (C=O) groups excluding carboxylic acids is 1. The summed E-state index contributed by atoms with van der Waals surface area (Å²) in [5, 5.41) is 11.5. The highest BCUT2D eigenvalue weighted by molar-refractivity contribution is 5.94. The molecule has 4 heteroatoms. The molecule has 88 valence electrons. The highest BCUT2D eigenvalue weighted by Crippen LogP contribution is 2.11. The van der Waals surface area contributed by atoms with Crippen molar-refractivity contribution in [2.24, 2.45) is 0 Å². The van der Waals surface area contributed by atoms with Gasteiger partial charge in [-0.2, -0.15) is 5.26 Å². The second kappa shape index (κ2) is 5.46. The molecule has 0 spiro atoms. The minimum atomic E-state index is -0.120. The average molecular weight is 230 g/mol. The van der Waals surface area contributed by atoms with Crippen molar-refractivity contribution in [1.82, 2.24) is 5.32 Å². The largest absolute Gasteiger partial charge is 0.376 e. The summed E-state index contributed by atoms with van der Waals surface area (Å²) in [5.74, 6) is -0.120. The Morgan fingerprint density at radius 1 is 1.47 bits per heavy atom. The third-order valence-corrected chi connectivity index (χ3v) is 2.79. The van der Waals surface area contributed by atoms with Crippen molar-refractivity contribution in [3.63, 3.8) is 0 Å². The standard InChI is InChI=1S/C13H14N2O2/c14-8-10-3-5-11(6-4-10)13(16)15-9-12-2-1-7-17-12/h3-6,12H,1-2,7,9H2,(H,15,16)/t12-/m0/s1. The zero-order valence-electron chi connectivity index (χ0n) is 9.48.